The zero-order valence-corrected chi connectivity index (χ0v) is 11.5. The first-order valence-electron chi connectivity index (χ1n) is 6.21. The van der Waals surface area contributed by atoms with E-state index >= 15 is 0 Å². The lowest BCUT2D eigenvalue weighted by Gasteiger charge is -2.09. The van der Waals surface area contributed by atoms with Gasteiger partial charge in [-0.3, -0.25) is 4.68 Å². The Bertz CT molecular complexity index is 520. The summed E-state index contributed by atoms with van der Waals surface area (Å²) in [6.07, 6.45) is 2.92. The molecule has 0 radical (unpaired) electrons. The summed E-state index contributed by atoms with van der Waals surface area (Å²) in [7, 11) is 1.92. The Balaban J connectivity index is 2.38. The van der Waals surface area contributed by atoms with Gasteiger partial charge in [-0.15, -0.1) is 0 Å². The molecule has 0 aliphatic heterocycles. The number of aryl methyl sites for hydroxylation is 1. The number of halogens is 1. The molecule has 3 nitrogen and oxygen atoms in total. The molecule has 0 saturated heterocycles. The van der Waals surface area contributed by atoms with Crippen molar-refractivity contribution >= 4 is 11.6 Å². The molecule has 2 rings (SSSR count). The number of hydrogen-bond acceptors (Lipinski definition) is 2. The Labute approximate surface area is 113 Å². The average Bonchev–Trinajstić information content (AvgIpc) is 2.81. The van der Waals surface area contributed by atoms with Gasteiger partial charge in [0.2, 0.25) is 0 Å². The van der Waals surface area contributed by atoms with Crippen molar-refractivity contribution in [1.29, 1.82) is 0 Å². The predicted molar refractivity (Wildman–Crippen MR) is 75.7 cm³/mol. The molecule has 0 atom stereocenters. The topological polar surface area (TPSA) is 29.9 Å². The largest absolute Gasteiger partial charge is 0.316 e. The van der Waals surface area contributed by atoms with Crippen LogP contribution in [0.2, 0.25) is 5.02 Å². The minimum Gasteiger partial charge on any atom is -0.316 e. The van der Waals surface area contributed by atoms with Crippen LogP contribution in [0.3, 0.4) is 0 Å². The van der Waals surface area contributed by atoms with Crippen molar-refractivity contribution in [2.75, 3.05) is 7.05 Å². The molecule has 0 aliphatic rings. The maximum atomic E-state index is 6.17. The number of benzene rings is 1. The molecule has 0 spiro atoms. The molecule has 96 valence electrons. The van der Waals surface area contributed by atoms with Gasteiger partial charge in [0.1, 0.15) is 0 Å². The van der Waals surface area contributed by atoms with Gasteiger partial charge in [-0.25, -0.2) is 0 Å². The zero-order valence-electron chi connectivity index (χ0n) is 10.8. The second-order valence-electron chi connectivity index (χ2n) is 4.28. The second-order valence-corrected chi connectivity index (χ2v) is 4.68. The molecule has 0 fully saturated rings. The summed E-state index contributed by atoms with van der Waals surface area (Å²) in [5, 5.41) is 8.28. The third-order valence-electron chi connectivity index (χ3n) is 2.86. The van der Waals surface area contributed by atoms with Crippen LogP contribution in [0.15, 0.2) is 30.5 Å². The fourth-order valence-corrected chi connectivity index (χ4v) is 2.21. The number of nitrogens with one attached hydrogen (secondary N) is 1. The Morgan fingerprint density at radius 3 is 2.89 bits per heavy atom. The fourth-order valence-electron chi connectivity index (χ4n) is 2.03. The summed E-state index contributed by atoms with van der Waals surface area (Å²) >= 11 is 6.17. The van der Waals surface area contributed by atoms with Crippen LogP contribution < -0.4 is 5.32 Å². The third-order valence-corrected chi connectivity index (χ3v) is 3.23. The van der Waals surface area contributed by atoms with Crippen molar-refractivity contribution in [3.63, 3.8) is 0 Å². The highest BCUT2D eigenvalue weighted by Gasteiger charge is 2.07. The van der Waals surface area contributed by atoms with Crippen molar-refractivity contribution in [3.05, 3.63) is 41.0 Å². The van der Waals surface area contributed by atoms with Crippen LogP contribution in [-0.2, 0) is 13.1 Å². The van der Waals surface area contributed by atoms with Gasteiger partial charge in [0.25, 0.3) is 0 Å². The Hall–Kier alpha value is -1.32. The first-order valence-corrected chi connectivity index (χ1v) is 6.59. The van der Waals surface area contributed by atoms with E-state index in [2.05, 4.69) is 23.4 Å². The van der Waals surface area contributed by atoms with Crippen molar-refractivity contribution in [3.8, 4) is 11.3 Å². The van der Waals surface area contributed by atoms with Crippen LogP contribution in [-0.4, -0.2) is 16.8 Å². The molecule has 1 aromatic carbocycles. The number of aromatic nitrogens is 2. The fraction of sp³-hybridized carbons (Fsp3) is 0.357. The van der Waals surface area contributed by atoms with Gasteiger partial charge in [-0.05, 0) is 37.2 Å². The van der Waals surface area contributed by atoms with Gasteiger partial charge >= 0.3 is 0 Å². The molecule has 1 aromatic heterocycles. The van der Waals surface area contributed by atoms with E-state index in [1.54, 1.807) is 0 Å². The summed E-state index contributed by atoms with van der Waals surface area (Å²) in [5.74, 6) is 0. The highest BCUT2D eigenvalue weighted by Crippen LogP contribution is 2.25. The Morgan fingerprint density at radius 1 is 1.33 bits per heavy atom. The van der Waals surface area contributed by atoms with Crippen LogP contribution in [0.5, 0.6) is 0 Å². The van der Waals surface area contributed by atoms with E-state index in [9.17, 15) is 0 Å². The van der Waals surface area contributed by atoms with E-state index in [1.807, 2.05) is 36.1 Å². The van der Waals surface area contributed by atoms with Crippen molar-refractivity contribution in [1.82, 2.24) is 15.1 Å². The highest BCUT2D eigenvalue weighted by molar-refractivity contribution is 6.31. The first-order chi connectivity index (χ1) is 8.76. The highest BCUT2D eigenvalue weighted by atomic mass is 35.5. The lowest BCUT2D eigenvalue weighted by atomic mass is 10.1. The van der Waals surface area contributed by atoms with Gasteiger partial charge in [0.15, 0.2) is 0 Å². The number of nitrogens with zero attached hydrogens (tertiary/aromatic N) is 2. The molecule has 0 aliphatic carbocycles. The maximum Gasteiger partial charge on any atom is 0.0682 e. The maximum absolute atomic E-state index is 6.17. The van der Waals surface area contributed by atoms with Crippen LogP contribution in [0, 0.1) is 0 Å². The second kappa shape index (κ2) is 6.03. The molecule has 1 heterocycles. The molecule has 0 unspecified atom stereocenters. The molecule has 0 saturated carbocycles. The van der Waals surface area contributed by atoms with Gasteiger partial charge in [-0.1, -0.05) is 24.6 Å². The third kappa shape index (κ3) is 2.74. The molecule has 4 heteroatoms. The standard InChI is InChI=1S/C14H18ClN3/c1-3-8-18-14(6-7-17-18)11-4-5-13(15)12(9-11)10-16-2/h4-7,9,16H,3,8,10H2,1-2H3. The lowest BCUT2D eigenvalue weighted by molar-refractivity contribution is 0.609. The molecule has 18 heavy (non-hydrogen) atoms. The van der Waals surface area contributed by atoms with Gasteiger partial charge < -0.3 is 5.32 Å². The van der Waals surface area contributed by atoms with Crippen LogP contribution in [0.1, 0.15) is 18.9 Å². The van der Waals surface area contributed by atoms with E-state index in [-0.39, 0.29) is 0 Å². The Kier molecular flexibility index (Phi) is 4.39. The molecule has 0 amide bonds. The molecule has 0 bridgehead atoms. The van der Waals surface area contributed by atoms with Crippen LogP contribution >= 0.6 is 11.6 Å². The van der Waals surface area contributed by atoms with Crippen LogP contribution in [0.4, 0.5) is 0 Å². The van der Waals surface area contributed by atoms with Crippen molar-refractivity contribution in [2.24, 2.45) is 0 Å². The van der Waals surface area contributed by atoms with E-state index in [1.165, 1.54) is 0 Å². The van der Waals surface area contributed by atoms with Gasteiger partial charge in [0.05, 0.1) is 5.69 Å². The molecule has 2 aromatic rings. The SMILES string of the molecule is CCCn1nccc1-c1ccc(Cl)c(CNC)c1. The Morgan fingerprint density at radius 2 is 2.17 bits per heavy atom. The number of rotatable bonds is 5. The average molecular weight is 264 g/mol. The summed E-state index contributed by atoms with van der Waals surface area (Å²) in [5.41, 5.74) is 3.42. The monoisotopic (exact) mass is 263 g/mol. The van der Waals surface area contributed by atoms with Crippen LogP contribution in [0.25, 0.3) is 11.3 Å². The predicted octanol–water partition coefficient (Wildman–Crippen LogP) is 3.33. The lowest BCUT2D eigenvalue weighted by Crippen LogP contribution is -2.06. The minimum absolute atomic E-state index is 0.772. The summed E-state index contributed by atoms with van der Waals surface area (Å²) in [6.45, 7) is 3.86. The quantitative estimate of drug-likeness (QED) is 0.897. The van der Waals surface area contributed by atoms with Gasteiger partial charge in [0, 0.05) is 29.9 Å². The van der Waals surface area contributed by atoms with Crippen molar-refractivity contribution < 1.29 is 0 Å². The molecular weight excluding hydrogens is 246 g/mol. The van der Waals surface area contributed by atoms with E-state index < -0.39 is 0 Å². The number of hydrogen-bond donors (Lipinski definition) is 1. The minimum atomic E-state index is 0.772. The molecular formula is C14H18ClN3. The van der Waals surface area contributed by atoms with Gasteiger partial charge in [-0.2, -0.15) is 5.10 Å². The molecule has 1 N–H and O–H groups in total. The smallest absolute Gasteiger partial charge is 0.0682 e. The van der Waals surface area contributed by atoms with E-state index in [0.717, 1.165) is 41.4 Å². The van der Waals surface area contributed by atoms with E-state index in [0.29, 0.717) is 0 Å². The van der Waals surface area contributed by atoms with Crippen molar-refractivity contribution in [2.45, 2.75) is 26.4 Å². The summed E-state index contributed by atoms with van der Waals surface area (Å²) < 4.78 is 2.03. The van der Waals surface area contributed by atoms with E-state index in [4.69, 9.17) is 11.6 Å². The normalized spacial score (nSPS) is 10.8. The summed E-state index contributed by atoms with van der Waals surface area (Å²) in [4.78, 5) is 0. The first kappa shape index (κ1) is 13.1. The zero-order chi connectivity index (χ0) is 13.0. The summed E-state index contributed by atoms with van der Waals surface area (Å²) in [6, 6.07) is 8.17.